The van der Waals surface area contributed by atoms with Crippen LogP contribution in [-0.4, -0.2) is 18.3 Å². The Morgan fingerprint density at radius 3 is 2.19 bits per heavy atom. The van der Waals surface area contributed by atoms with E-state index in [1.165, 1.54) is 5.56 Å². The monoisotopic (exact) mass is 222 g/mol. The quantitative estimate of drug-likeness (QED) is 0.848. The van der Waals surface area contributed by atoms with Crippen LogP contribution >= 0.6 is 0 Å². The Morgan fingerprint density at radius 2 is 1.75 bits per heavy atom. The molecule has 1 rings (SSSR count). The standard InChI is InChI=1S/C14H22O2/c1-14(2,3)13(15)10-7-11-5-8-12(16-4)9-6-11/h5-6,8-9,13,15H,7,10H2,1-4H3. The van der Waals surface area contributed by atoms with Gasteiger partial charge in [-0.15, -0.1) is 0 Å². The Kier molecular flexibility index (Phi) is 4.36. The fraction of sp³-hybridized carbons (Fsp3) is 0.571. The molecule has 0 aliphatic heterocycles. The minimum Gasteiger partial charge on any atom is -0.497 e. The smallest absolute Gasteiger partial charge is 0.118 e. The van der Waals surface area contributed by atoms with Crippen LogP contribution in [0, 0.1) is 5.41 Å². The van der Waals surface area contributed by atoms with E-state index in [0.717, 1.165) is 18.6 Å². The summed E-state index contributed by atoms with van der Waals surface area (Å²) in [7, 11) is 1.67. The summed E-state index contributed by atoms with van der Waals surface area (Å²) in [6.07, 6.45) is 1.45. The second kappa shape index (κ2) is 5.35. The van der Waals surface area contributed by atoms with Crippen molar-refractivity contribution in [1.82, 2.24) is 0 Å². The molecule has 0 saturated heterocycles. The Labute approximate surface area is 98.3 Å². The molecule has 0 bridgehead atoms. The first kappa shape index (κ1) is 13.0. The molecule has 0 amide bonds. The molecule has 0 fully saturated rings. The Balaban J connectivity index is 2.48. The van der Waals surface area contributed by atoms with Crippen molar-refractivity contribution in [3.63, 3.8) is 0 Å². The van der Waals surface area contributed by atoms with Gasteiger partial charge in [-0.05, 0) is 36.0 Å². The van der Waals surface area contributed by atoms with Crippen molar-refractivity contribution >= 4 is 0 Å². The zero-order valence-electron chi connectivity index (χ0n) is 10.7. The topological polar surface area (TPSA) is 29.5 Å². The zero-order valence-corrected chi connectivity index (χ0v) is 10.7. The summed E-state index contributed by atoms with van der Waals surface area (Å²) in [5.41, 5.74) is 1.20. The van der Waals surface area contributed by atoms with E-state index in [9.17, 15) is 5.11 Å². The number of methoxy groups -OCH3 is 1. The largest absolute Gasteiger partial charge is 0.497 e. The van der Waals surface area contributed by atoms with Crippen LogP contribution in [0.3, 0.4) is 0 Å². The molecule has 0 saturated carbocycles. The predicted octanol–water partition coefficient (Wildman–Crippen LogP) is 3.03. The summed E-state index contributed by atoms with van der Waals surface area (Å²) >= 11 is 0. The van der Waals surface area contributed by atoms with Gasteiger partial charge in [0.05, 0.1) is 13.2 Å². The molecule has 1 N–H and O–H groups in total. The summed E-state index contributed by atoms with van der Waals surface area (Å²) in [6.45, 7) is 6.18. The fourth-order valence-corrected chi connectivity index (χ4v) is 1.53. The number of aliphatic hydroxyl groups excluding tert-OH is 1. The third-order valence-corrected chi connectivity index (χ3v) is 2.87. The average molecular weight is 222 g/mol. The van der Waals surface area contributed by atoms with Gasteiger partial charge in [-0.25, -0.2) is 0 Å². The molecule has 0 aromatic heterocycles. The van der Waals surface area contributed by atoms with Gasteiger partial charge in [0, 0.05) is 0 Å². The van der Waals surface area contributed by atoms with Gasteiger partial charge >= 0.3 is 0 Å². The van der Waals surface area contributed by atoms with Crippen LogP contribution < -0.4 is 4.74 Å². The van der Waals surface area contributed by atoms with Crippen molar-refractivity contribution in [3.05, 3.63) is 29.8 Å². The molecule has 1 aromatic carbocycles. The predicted molar refractivity (Wildman–Crippen MR) is 66.8 cm³/mol. The normalized spacial score (nSPS) is 13.6. The first-order valence-corrected chi connectivity index (χ1v) is 5.74. The first-order chi connectivity index (χ1) is 7.43. The summed E-state index contributed by atoms with van der Waals surface area (Å²) < 4.78 is 5.10. The van der Waals surface area contributed by atoms with Gasteiger partial charge in [0.2, 0.25) is 0 Å². The molecule has 0 spiro atoms. The summed E-state index contributed by atoms with van der Waals surface area (Å²) in [5.74, 6) is 0.875. The third kappa shape index (κ3) is 3.86. The van der Waals surface area contributed by atoms with Crippen molar-refractivity contribution in [2.45, 2.75) is 39.7 Å². The van der Waals surface area contributed by atoms with E-state index in [0.29, 0.717) is 0 Å². The minimum absolute atomic E-state index is 0.0352. The van der Waals surface area contributed by atoms with Crippen LogP contribution in [0.1, 0.15) is 32.8 Å². The number of rotatable bonds is 4. The van der Waals surface area contributed by atoms with Crippen molar-refractivity contribution < 1.29 is 9.84 Å². The van der Waals surface area contributed by atoms with Gasteiger partial charge in [0.1, 0.15) is 5.75 Å². The highest BCUT2D eigenvalue weighted by Gasteiger charge is 2.21. The number of hydrogen-bond donors (Lipinski definition) is 1. The number of benzene rings is 1. The Hall–Kier alpha value is -1.02. The maximum Gasteiger partial charge on any atom is 0.118 e. The van der Waals surface area contributed by atoms with Gasteiger partial charge < -0.3 is 9.84 Å². The van der Waals surface area contributed by atoms with Crippen LogP contribution in [0.2, 0.25) is 0 Å². The summed E-state index contributed by atoms with van der Waals surface area (Å²) in [5, 5.41) is 9.92. The second-order valence-corrected chi connectivity index (χ2v) is 5.27. The molecule has 2 nitrogen and oxygen atoms in total. The van der Waals surface area contributed by atoms with E-state index >= 15 is 0 Å². The maximum absolute atomic E-state index is 9.92. The lowest BCUT2D eigenvalue weighted by Gasteiger charge is -2.25. The van der Waals surface area contributed by atoms with Crippen LogP contribution in [0.5, 0.6) is 5.75 Å². The summed E-state index contributed by atoms with van der Waals surface area (Å²) in [6, 6.07) is 8.01. The molecule has 0 heterocycles. The highest BCUT2D eigenvalue weighted by molar-refractivity contribution is 5.27. The summed E-state index contributed by atoms with van der Waals surface area (Å²) in [4.78, 5) is 0. The molecule has 90 valence electrons. The molecular weight excluding hydrogens is 200 g/mol. The number of aliphatic hydroxyl groups is 1. The van der Waals surface area contributed by atoms with Crippen LogP contribution in [-0.2, 0) is 6.42 Å². The van der Waals surface area contributed by atoms with E-state index < -0.39 is 0 Å². The lowest BCUT2D eigenvalue weighted by atomic mass is 9.86. The molecular formula is C14H22O2. The second-order valence-electron chi connectivity index (χ2n) is 5.27. The highest BCUT2D eigenvalue weighted by Crippen LogP contribution is 2.23. The van der Waals surface area contributed by atoms with Crippen LogP contribution in [0.25, 0.3) is 0 Å². The van der Waals surface area contributed by atoms with Crippen LogP contribution in [0.4, 0.5) is 0 Å². The molecule has 1 unspecified atom stereocenters. The van der Waals surface area contributed by atoms with Crippen molar-refractivity contribution in [2.75, 3.05) is 7.11 Å². The zero-order chi connectivity index (χ0) is 12.2. The Morgan fingerprint density at radius 1 is 1.19 bits per heavy atom. The van der Waals surface area contributed by atoms with Crippen molar-refractivity contribution in [3.8, 4) is 5.75 Å². The molecule has 0 aliphatic carbocycles. The van der Waals surface area contributed by atoms with E-state index in [1.807, 2.05) is 24.3 Å². The first-order valence-electron chi connectivity index (χ1n) is 5.74. The van der Waals surface area contributed by atoms with E-state index in [2.05, 4.69) is 20.8 Å². The van der Waals surface area contributed by atoms with Gasteiger partial charge in [0.25, 0.3) is 0 Å². The van der Waals surface area contributed by atoms with Crippen LogP contribution in [0.15, 0.2) is 24.3 Å². The lowest BCUT2D eigenvalue weighted by Crippen LogP contribution is -2.26. The van der Waals surface area contributed by atoms with Gasteiger partial charge in [-0.2, -0.15) is 0 Å². The molecule has 16 heavy (non-hydrogen) atoms. The molecule has 2 heteroatoms. The third-order valence-electron chi connectivity index (χ3n) is 2.87. The Bertz CT molecular complexity index is 309. The molecule has 0 aliphatic rings. The average Bonchev–Trinajstić information content (AvgIpc) is 2.25. The number of aryl methyl sites for hydroxylation is 1. The highest BCUT2D eigenvalue weighted by atomic mass is 16.5. The molecule has 1 atom stereocenters. The lowest BCUT2D eigenvalue weighted by molar-refractivity contribution is 0.0560. The van der Waals surface area contributed by atoms with Gasteiger partial charge in [0.15, 0.2) is 0 Å². The van der Waals surface area contributed by atoms with E-state index in [4.69, 9.17) is 4.74 Å². The number of ether oxygens (including phenoxy) is 1. The van der Waals surface area contributed by atoms with E-state index in [1.54, 1.807) is 7.11 Å². The molecule has 1 aromatic rings. The fourth-order valence-electron chi connectivity index (χ4n) is 1.53. The number of hydrogen-bond acceptors (Lipinski definition) is 2. The maximum atomic E-state index is 9.92. The SMILES string of the molecule is COc1ccc(CCC(O)C(C)(C)C)cc1. The van der Waals surface area contributed by atoms with Crippen molar-refractivity contribution in [2.24, 2.45) is 5.41 Å². The van der Waals surface area contributed by atoms with E-state index in [-0.39, 0.29) is 11.5 Å². The van der Waals surface area contributed by atoms with Crippen molar-refractivity contribution in [1.29, 1.82) is 0 Å². The van der Waals surface area contributed by atoms with Gasteiger partial charge in [-0.3, -0.25) is 0 Å². The molecule has 0 radical (unpaired) electrons. The minimum atomic E-state index is -0.255. The van der Waals surface area contributed by atoms with Gasteiger partial charge in [-0.1, -0.05) is 32.9 Å².